The van der Waals surface area contributed by atoms with Crippen molar-refractivity contribution in [3.8, 4) is 0 Å². The van der Waals surface area contributed by atoms with Gasteiger partial charge < -0.3 is 5.32 Å². The molecule has 2 heterocycles. The molecule has 1 aliphatic heterocycles. The molecule has 0 radical (unpaired) electrons. The van der Waals surface area contributed by atoms with Gasteiger partial charge in [0.2, 0.25) is 0 Å². The lowest BCUT2D eigenvalue weighted by atomic mass is 9.79. The Balaban J connectivity index is 1.64. The minimum atomic E-state index is 0.423. The van der Waals surface area contributed by atoms with Crippen LogP contribution >= 0.6 is 0 Å². The Morgan fingerprint density at radius 1 is 1.22 bits per heavy atom. The third-order valence-electron chi connectivity index (χ3n) is 4.85. The van der Waals surface area contributed by atoms with Crippen molar-refractivity contribution >= 4 is 0 Å². The fourth-order valence-corrected chi connectivity index (χ4v) is 3.43. The maximum absolute atomic E-state index is 4.43. The normalized spacial score (nSPS) is 36.3. The minimum absolute atomic E-state index is 0.423. The van der Waals surface area contributed by atoms with Gasteiger partial charge in [0.25, 0.3) is 0 Å². The largest absolute Gasteiger partial charge is 0.304 e. The van der Waals surface area contributed by atoms with Crippen LogP contribution in [0.4, 0.5) is 0 Å². The summed E-state index contributed by atoms with van der Waals surface area (Å²) in [5.74, 6) is 2.88. The van der Waals surface area contributed by atoms with Crippen LogP contribution in [0.3, 0.4) is 0 Å². The number of aryl methyl sites for hydroxylation is 1. The van der Waals surface area contributed by atoms with Crippen molar-refractivity contribution in [1.29, 1.82) is 0 Å². The highest BCUT2D eigenvalue weighted by Crippen LogP contribution is 2.31. The topological polar surface area (TPSA) is 42.7 Å². The van der Waals surface area contributed by atoms with Gasteiger partial charge in [-0.1, -0.05) is 13.8 Å². The molecule has 1 N–H and O–H groups in total. The molecule has 4 nitrogen and oxygen atoms in total. The van der Waals surface area contributed by atoms with E-state index in [1.54, 1.807) is 6.33 Å². The second-order valence-corrected chi connectivity index (χ2v) is 6.17. The first-order valence-electron chi connectivity index (χ1n) is 7.38. The highest BCUT2D eigenvalue weighted by atomic mass is 15.3. The molecule has 2 aliphatic rings. The van der Waals surface area contributed by atoms with Gasteiger partial charge >= 0.3 is 0 Å². The van der Waals surface area contributed by atoms with Crippen molar-refractivity contribution < 1.29 is 0 Å². The number of nitrogens with zero attached hydrogens (tertiary/aromatic N) is 3. The number of rotatable bonds is 2. The molecule has 1 aliphatic carbocycles. The first kappa shape index (κ1) is 12.2. The van der Waals surface area contributed by atoms with Crippen LogP contribution in [0.1, 0.15) is 57.8 Å². The van der Waals surface area contributed by atoms with Crippen LogP contribution in [0, 0.1) is 11.8 Å². The van der Waals surface area contributed by atoms with E-state index in [0.29, 0.717) is 12.1 Å². The average Bonchev–Trinajstić information content (AvgIpc) is 2.83. The molecule has 0 bridgehead atoms. The molecule has 1 aromatic rings. The lowest BCUT2D eigenvalue weighted by Gasteiger charge is -2.35. The molecule has 100 valence electrons. The monoisotopic (exact) mass is 248 g/mol. The smallest absolute Gasteiger partial charge is 0.143 e. The fourth-order valence-electron chi connectivity index (χ4n) is 3.43. The van der Waals surface area contributed by atoms with Gasteiger partial charge in [-0.15, -0.1) is 0 Å². The molecule has 0 spiro atoms. The van der Waals surface area contributed by atoms with Gasteiger partial charge in [0.05, 0.1) is 6.04 Å². The second kappa shape index (κ2) is 5.00. The molecule has 4 atom stereocenters. The van der Waals surface area contributed by atoms with Crippen LogP contribution in [0.15, 0.2) is 6.33 Å². The van der Waals surface area contributed by atoms with Crippen LogP contribution in [0.25, 0.3) is 0 Å². The second-order valence-electron chi connectivity index (χ2n) is 6.17. The Morgan fingerprint density at radius 2 is 2.11 bits per heavy atom. The van der Waals surface area contributed by atoms with Crippen LogP contribution < -0.4 is 5.32 Å². The van der Waals surface area contributed by atoms with Gasteiger partial charge in [-0.05, 0) is 43.9 Å². The number of aromatic nitrogens is 3. The zero-order chi connectivity index (χ0) is 12.5. The third-order valence-corrected chi connectivity index (χ3v) is 4.85. The average molecular weight is 248 g/mol. The minimum Gasteiger partial charge on any atom is -0.304 e. The fraction of sp³-hybridized carbons (Fsp3) is 0.857. The molecule has 3 rings (SSSR count). The van der Waals surface area contributed by atoms with Crippen LogP contribution in [-0.2, 0) is 6.54 Å². The highest BCUT2D eigenvalue weighted by molar-refractivity contribution is 4.99. The van der Waals surface area contributed by atoms with Crippen molar-refractivity contribution in [3.05, 3.63) is 12.2 Å². The Morgan fingerprint density at radius 3 is 2.94 bits per heavy atom. The van der Waals surface area contributed by atoms with Gasteiger partial charge in [0.15, 0.2) is 0 Å². The Kier molecular flexibility index (Phi) is 3.37. The van der Waals surface area contributed by atoms with Crippen molar-refractivity contribution in [2.24, 2.45) is 11.8 Å². The van der Waals surface area contributed by atoms with E-state index in [2.05, 4.69) is 33.9 Å². The summed E-state index contributed by atoms with van der Waals surface area (Å²) in [5, 5.41) is 8.12. The van der Waals surface area contributed by atoms with E-state index in [0.717, 1.165) is 24.2 Å². The molecule has 0 unspecified atom stereocenters. The van der Waals surface area contributed by atoms with E-state index in [9.17, 15) is 0 Å². The van der Waals surface area contributed by atoms with Gasteiger partial charge in [0.1, 0.15) is 12.2 Å². The van der Waals surface area contributed by atoms with Crippen molar-refractivity contribution in [2.75, 3.05) is 0 Å². The predicted octanol–water partition coefficient (Wildman–Crippen LogP) is 2.53. The number of nitrogens with one attached hydrogen (secondary N) is 1. The van der Waals surface area contributed by atoms with Crippen LogP contribution in [0.2, 0.25) is 0 Å². The van der Waals surface area contributed by atoms with Gasteiger partial charge in [-0.25, -0.2) is 9.67 Å². The molecule has 0 saturated heterocycles. The molecule has 0 aromatic carbocycles. The Hall–Kier alpha value is -0.900. The molecular formula is C14H24N4. The summed E-state index contributed by atoms with van der Waals surface area (Å²) in [7, 11) is 0. The standard InChI is InChI=1S/C14H24N4/c1-10-5-6-12(8-11(10)2)17-13-4-3-7-18-14(13)15-9-16-18/h9-13,17H,3-8H2,1-2H3/t10-,11-,12+,13-/m1/s1. The van der Waals surface area contributed by atoms with Gasteiger partial charge in [-0.3, -0.25) is 0 Å². The lowest BCUT2D eigenvalue weighted by molar-refractivity contribution is 0.204. The van der Waals surface area contributed by atoms with E-state index in [4.69, 9.17) is 0 Å². The van der Waals surface area contributed by atoms with Gasteiger partial charge in [-0.2, -0.15) is 5.10 Å². The molecule has 1 fully saturated rings. The number of fused-ring (bicyclic) bond motifs is 1. The summed E-state index contributed by atoms with van der Waals surface area (Å²) in [6, 6.07) is 1.09. The van der Waals surface area contributed by atoms with E-state index in [1.165, 1.54) is 32.1 Å². The first-order chi connectivity index (χ1) is 8.74. The summed E-state index contributed by atoms with van der Waals surface area (Å²) in [6.07, 6.45) is 8.10. The zero-order valence-electron chi connectivity index (χ0n) is 11.5. The maximum Gasteiger partial charge on any atom is 0.143 e. The van der Waals surface area contributed by atoms with Gasteiger partial charge in [0, 0.05) is 12.6 Å². The summed E-state index contributed by atoms with van der Waals surface area (Å²) in [4.78, 5) is 4.43. The summed E-state index contributed by atoms with van der Waals surface area (Å²) >= 11 is 0. The number of hydrogen-bond donors (Lipinski definition) is 1. The predicted molar refractivity (Wildman–Crippen MR) is 71.1 cm³/mol. The molecule has 1 aromatic heterocycles. The number of hydrogen-bond acceptors (Lipinski definition) is 3. The van der Waals surface area contributed by atoms with Crippen molar-refractivity contribution in [3.63, 3.8) is 0 Å². The van der Waals surface area contributed by atoms with Crippen molar-refractivity contribution in [2.45, 2.75) is 64.6 Å². The first-order valence-corrected chi connectivity index (χ1v) is 7.38. The molecular weight excluding hydrogens is 224 g/mol. The summed E-state index contributed by atoms with van der Waals surface area (Å²) in [6.45, 7) is 5.81. The molecule has 4 heteroatoms. The molecule has 18 heavy (non-hydrogen) atoms. The SMILES string of the molecule is C[C@@H]1CC[C@H](N[C@@H]2CCCn3ncnc32)C[C@H]1C. The zero-order valence-corrected chi connectivity index (χ0v) is 11.5. The Bertz CT molecular complexity index is 400. The van der Waals surface area contributed by atoms with Crippen molar-refractivity contribution in [1.82, 2.24) is 20.1 Å². The van der Waals surface area contributed by atoms with E-state index in [1.807, 2.05) is 0 Å². The van der Waals surface area contributed by atoms with E-state index in [-0.39, 0.29) is 0 Å². The van der Waals surface area contributed by atoms with E-state index >= 15 is 0 Å². The van der Waals surface area contributed by atoms with E-state index < -0.39 is 0 Å². The lowest BCUT2D eigenvalue weighted by Crippen LogP contribution is -2.40. The molecule has 0 amide bonds. The summed E-state index contributed by atoms with van der Waals surface area (Å²) < 4.78 is 2.07. The van der Waals surface area contributed by atoms with Crippen LogP contribution in [-0.4, -0.2) is 20.8 Å². The maximum atomic E-state index is 4.43. The summed E-state index contributed by atoms with van der Waals surface area (Å²) in [5.41, 5.74) is 0. The van der Waals surface area contributed by atoms with Crippen LogP contribution in [0.5, 0.6) is 0 Å². The Labute approximate surface area is 109 Å². The quantitative estimate of drug-likeness (QED) is 0.874. The molecule has 1 saturated carbocycles. The third kappa shape index (κ3) is 2.30. The highest BCUT2D eigenvalue weighted by Gasteiger charge is 2.29.